The van der Waals surface area contributed by atoms with Gasteiger partial charge in [0, 0.05) is 31.4 Å². The van der Waals surface area contributed by atoms with E-state index in [9.17, 15) is 14.4 Å². The number of rotatable bonds is 6. The molecule has 0 aliphatic carbocycles. The lowest BCUT2D eigenvalue weighted by molar-refractivity contribution is -0.135. The topological polar surface area (TPSA) is 78.5 Å². The van der Waals surface area contributed by atoms with Crippen LogP contribution in [0.5, 0.6) is 0 Å². The Morgan fingerprint density at radius 1 is 0.931 bits per heavy atom. The van der Waals surface area contributed by atoms with Crippen LogP contribution in [0.4, 0.5) is 11.4 Å². The van der Waals surface area contributed by atoms with Gasteiger partial charge >= 0.3 is 0 Å². The molecule has 1 heterocycles. The first-order valence-corrected chi connectivity index (χ1v) is 9.99. The van der Waals surface area contributed by atoms with Gasteiger partial charge in [-0.2, -0.15) is 0 Å². The largest absolute Gasteiger partial charge is 0.342 e. The van der Waals surface area contributed by atoms with Crippen LogP contribution in [0.1, 0.15) is 31.7 Å². The molecule has 0 atom stereocenters. The van der Waals surface area contributed by atoms with E-state index in [0.717, 1.165) is 19.3 Å². The Morgan fingerprint density at radius 2 is 1.59 bits per heavy atom. The van der Waals surface area contributed by atoms with E-state index in [1.165, 1.54) is 12.5 Å². The molecule has 2 N–H and O–H groups in total. The van der Waals surface area contributed by atoms with Crippen LogP contribution in [0.3, 0.4) is 0 Å². The molecule has 3 amide bonds. The van der Waals surface area contributed by atoms with Crippen molar-refractivity contribution in [2.45, 2.75) is 32.6 Å². The maximum Gasteiger partial charge on any atom is 0.233 e. The molecular weight excluding hydrogens is 366 g/mol. The zero-order chi connectivity index (χ0) is 20.6. The van der Waals surface area contributed by atoms with Crippen LogP contribution in [-0.2, 0) is 20.8 Å². The first-order valence-electron chi connectivity index (χ1n) is 9.99. The lowest BCUT2D eigenvalue weighted by Crippen LogP contribution is -2.40. The zero-order valence-electron chi connectivity index (χ0n) is 16.7. The summed E-state index contributed by atoms with van der Waals surface area (Å²) in [6.07, 6.45) is 2.78. The standard InChI is InChI=1S/C23H27N3O3/c1-17(27)24-20-8-5-9-21(15-20)25-22(28)16-23(29)26-12-10-19(11-13-26)14-18-6-3-2-4-7-18/h2-9,15,19H,10-14,16H2,1H3,(H,24,27)(H,25,28). The third kappa shape index (κ3) is 6.45. The summed E-state index contributed by atoms with van der Waals surface area (Å²) >= 11 is 0. The van der Waals surface area contributed by atoms with Gasteiger partial charge in [-0.3, -0.25) is 14.4 Å². The van der Waals surface area contributed by atoms with Crippen LogP contribution < -0.4 is 10.6 Å². The molecule has 0 unspecified atom stereocenters. The number of nitrogens with one attached hydrogen (secondary N) is 2. The molecule has 3 rings (SSSR count). The zero-order valence-corrected chi connectivity index (χ0v) is 16.7. The molecule has 0 radical (unpaired) electrons. The van der Waals surface area contributed by atoms with E-state index in [0.29, 0.717) is 30.4 Å². The molecule has 0 saturated carbocycles. The van der Waals surface area contributed by atoms with Crippen molar-refractivity contribution >= 4 is 29.1 Å². The van der Waals surface area contributed by atoms with E-state index < -0.39 is 0 Å². The Kier molecular flexibility index (Phi) is 7.00. The minimum absolute atomic E-state index is 0.140. The predicted molar refractivity (Wildman–Crippen MR) is 113 cm³/mol. The number of hydrogen-bond acceptors (Lipinski definition) is 3. The number of benzene rings is 2. The third-order valence-electron chi connectivity index (χ3n) is 5.11. The number of amides is 3. The Balaban J connectivity index is 1.44. The number of piperidine rings is 1. The Labute approximate surface area is 171 Å². The maximum absolute atomic E-state index is 12.5. The molecule has 6 heteroatoms. The summed E-state index contributed by atoms with van der Waals surface area (Å²) in [5, 5.41) is 5.40. The van der Waals surface area contributed by atoms with Crippen LogP contribution in [0.2, 0.25) is 0 Å². The van der Waals surface area contributed by atoms with E-state index in [4.69, 9.17) is 0 Å². The number of likely N-dealkylation sites (tertiary alicyclic amines) is 1. The molecule has 152 valence electrons. The van der Waals surface area contributed by atoms with E-state index >= 15 is 0 Å². The number of carbonyl (C=O) groups is 3. The minimum atomic E-state index is -0.346. The Bertz CT molecular complexity index is 859. The van der Waals surface area contributed by atoms with Gasteiger partial charge in [-0.15, -0.1) is 0 Å². The molecule has 1 saturated heterocycles. The molecule has 29 heavy (non-hydrogen) atoms. The van der Waals surface area contributed by atoms with Gasteiger partial charge in [0.25, 0.3) is 0 Å². The molecule has 1 fully saturated rings. The molecule has 0 aromatic heterocycles. The van der Waals surface area contributed by atoms with Gasteiger partial charge in [-0.1, -0.05) is 36.4 Å². The SMILES string of the molecule is CC(=O)Nc1cccc(NC(=O)CC(=O)N2CCC(Cc3ccccc3)CC2)c1. The number of carbonyl (C=O) groups excluding carboxylic acids is 3. The van der Waals surface area contributed by atoms with Crippen molar-refractivity contribution in [1.29, 1.82) is 0 Å². The van der Waals surface area contributed by atoms with Crippen molar-refractivity contribution in [2.24, 2.45) is 5.92 Å². The first kappa shape index (κ1) is 20.6. The van der Waals surface area contributed by atoms with Gasteiger partial charge < -0.3 is 15.5 Å². The summed E-state index contributed by atoms with van der Waals surface area (Å²) in [7, 11) is 0. The van der Waals surface area contributed by atoms with Crippen molar-refractivity contribution in [3.05, 3.63) is 60.2 Å². The molecule has 6 nitrogen and oxygen atoms in total. The second-order valence-corrected chi connectivity index (χ2v) is 7.50. The molecule has 0 spiro atoms. The van der Waals surface area contributed by atoms with Gasteiger partial charge in [0.05, 0.1) is 0 Å². The molecule has 2 aromatic rings. The second-order valence-electron chi connectivity index (χ2n) is 7.50. The Hall–Kier alpha value is -3.15. The molecular formula is C23H27N3O3. The van der Waals surface area contributed by atoms with Crippen molar-refractivity contribution in [3.8, 4) is 0 Å². The highest BCUT2D eigenvalue weighted by molar-refractivity contribution is 6.04. The fourth-order valence-corrected chi connectivity index (χ4v) is 3.67. The van der Waals surface area contributed by atoms with Gasteiger partial charge in [-0.05, 0) is 48.9 Å². The van der Waals surface area contributed by atoms with Crippen molar-refractivity contribution < 1.29 is 14.4 Å². The quantitative estimate of drug-likeness (QED) is 0.738. The summed E-state index contributed by atoms with van der Waals surface area (Å²) in [6.45, 7) is 2.82. The van der Waals surface area contributed by atoms with Gasteiger partial charge in [-0.25, -0.2) is 0 Å². The van der Waals surface area contributed by atoms with Crippen molar-refractivity contribution in [1.82, 2.24) is 4.90 Å². The van der Waals surface area contributed by atoms with Crippen LogP contribution in [0.15, 0.2) is 54.6 Å². The smallest absolute Gasteiger partial charge is 0.233 e. The highest BCUT2D eigenvalue weighted by Gasteiger charge is 2.24. The van der Waals surface area contributed by atoms with E-state index in [2.05, 4.69) is 34.9 Å². The molecule has 2 aromatic carbocycles. The van der Waals surface area contributed by atoms with Crippen LogP contribution in [0.25, 0.3) is 0 Å². The first-order chi connectivity index (χ1) is 14.0. The molecule has 1 aliphatic rings. The van der Waals surface area contributed by atoms with Crippen molar-refractivity contribution in [3.63, 3.8) is 0 Å². The number of nitrogens with zero attached hydrogens (tertiary/aromatic N) is 1. The summed E-state index contributed by atoms with van der Waals surface area (Å²) in [5.41, 5.74) is 2.48. The number of anilines is 2. The average Bonchev–Trinajstić information content (AvgIpc) is 2.69. The highest BCUT2D eigenvalue weighted by atomic mass is 16.2. The summed E-state index contributed by atoms with van der Waals surface area (Å²) in [4.78, 5) is 37.7. The lowest BCUT2D eigenvalue weighted by Gasteiger charge is -2.32. The summed E-state index contributed by atoms with van der Waals surface area (Å²) < 4.78 is 0. The van der Waals surface area contributed by atoms with Crippen LogP contribution >= 0.6 is 0 Å². The highest BCUT2D eigenvalue weighted by Crippen LogP contribution is 2.22. The molecule has 1 aliphatic heterocycles. The van der Waals surface area contributed by atoms with Gasteiger partial charge in [0.1, 0.15) is 6.42 Å². The van der Waals surface area contributed by atoms with E-state index in [1.54, 1.807) is 29.2 Å². The molecule has 0 bridgehead atoms. The monoisotopic (exact) mass is 393 g/mol. The number of hydrogen-bond donors (Lipinski definition) is 2. The minimum Gasteiger partial charge on any atom is -0.342 e. The van der Waals surface area contributed by atoms with Gasteiger partial charge in [0.15, 0.2) is 0 Å². The van der Waals surface area contributed by atoms with E-state index in [1.807, 2.05) is 6.07 Å². The van der Waals surface area contributed by atoms with Crippen LogP contribution in [-0.4, -0.2) is 35.7 Å². The predicted octanol–water partition coefficient (Wildman–Crippen LogP) is 3.45. The second kappa shape index (κ2) is 9.87. The van der Waals surface area contributed by atoms with Crippen LogP contribution in [0, 0.1) is 5.92 Å². The van der Waals surface area contributed by atoms with Gasteiger partial charge in [0.2, 0.25) is 17.7 Å². The average molecular weight is 393 g/mol. The fourth-order valence-electron chi connectivity index (χ4n) is 3.67. The lowest BCUT2D eigenvalue weighted by atomic mass is 9.90. The van der Waals surface area contributed by atoms with E-state index in [-0.39, 0.29) is 24.1 Å². The maximum atomic E-state index is 12.5. The van der Waals surface area contributed by atoms with Crippen molar-refractivity contribution in [2.75, 3.05) is 23.7 Å². The fraction of sp³-hybridized carbons (Fsp3) is 0.348. The normalized spacial score (nSPS) is 14.3. The summed E-state index contributed by atoms with van der Waals surface area (Å²) in [5.74, 6) is -0.0915. The third-order valence-corrected chi connectivity index (χ3v) is 5.11. The summed E-state index contributed by atoms with van der Waals surface area (Å²) in [6, 6.07) is 17.3. The Morgan fingerprint density at radius 3 is 2.24 bits per heavy atom.